The van der Waals surface area contributed by atoms with Crippen LogP contribution < -0.4 is 29.6 Å². The van der Waals surface area contributed by atoms with Crippen LogP contribution in [0.5, 0.6) is 0 Å². The van der Waals surface area contributed by atoms with E-state index in [-0.39, 0.29) is 71.4 Å². The monoisotopic (exact) mass is 1330 g/mol. The van der Waals surface area contributed by atoms with Crippen LogP contribution in [0.25, 0.3) is 0 Å². The smallest absolute Gasteiger partial charge is 0.726 e. The number of aliphatic hydroxyl groups is 15. The van der Waals surface area contributed by atoms with E-state index in [1.54, 1.807) is 6.92 Å². The molecule has 37 atom stereocenters. The minimum Gasteiger partial charge on any atom is -0.726 e. The largest absolute Gasteiger partial charge is 1.00 e. The van der Waals surface area contributed by atoms with Gasteiger partial charge in [0.15, 0.2) is 37.7 Å². The van der Waals surface area contributed by atoms with E-state index in [0.29, 0.717) is 25.7 Å². The van der Waals surface area contributed by atoms with Crippen molar-refractivity contribution in [3.05, 3.63) is 11.6 Å². The van der Waals surface area contributed by atoms with Gasteiger partial charge in [-0.15, -0.1) is 0 Å². The van der Waals surface area contributed by atoms with Gasteiger partial charge in [0.25, 0.3) is 0 Å². The van der Waals surface area contributed by atoms with Crippen LogP contribution in [0, 0.1) is 34.5 Å². The maximum absolute atomic E-state index is 13.1. The van der Waals surface area contributed by atoms with Crippen LogP contribution in [0.2, 0.25) is 0 Å². The number of ether oxygens (including phenoxy) is 12. The molecule has 4 aliphatic carbocycles. The van der Waals surface area contributed by atoms with Crippen molar-refractivity contribution < 1.29 is 185 Å². The van der Waals surface area contributed by atoms with Crippen LogP contribution >= 0.6 is 0 Å². The second-order valence-electron chi connectivity index (χ2n) is 26.4. The quantitative estimate of drug-likeness (QED) is 0.0278. The van der Waals surface area contributed by atoms with Gasteiger partial charge in [-0.2, -0.15) is 0 Å². The maximum Gasteiger partial charge on any atom is 1.00 e. The van der Waals surface area contributed by atoms with E-state index < -0.39 is 232 Å². The first-order chi connectivity index (χ1) is 41.8. The Morgan fingerprint density at radius 1 is 0.544 bits per heavy atom. The van der Waals surface area contributed by atoms with Crippen LogP contribution in [0.1, 0.15) is 86.5 Å². The zero-order valence-corrected chi connectivity index (χ0v) is 53.7. The van der Waals surface area contributed by atoms with Crippen molar-refractivity contribution in [2.24, 2.45) is 34.5 Å². The first-order valence-corrected chi connectivity index (χ1v) is 31.9. The summed E-state index contributed by atoms with van der Waals surface area (Å²) in [5, 5.41) is 166. The Kier molecular flexibility index (Phi) is 23.6. The summed E-state index contributed by atoms with van der Waals surface area (Å²) in [7, 11) is -5.13. The van der Waals surface area contributed by atoms with Gasteiger partial charge >= 0.3 is 29.6 Å². The maximum atomic E-state index is 13.1. The zero-order chi connectivity index (χ0) is 64.8. The summed E-state index contributed by atoms with van der Waals surface area (Å²) in [5.74, 6) is -0.694. The van der Waals surface area contributed by atoms with Gasteiger partial charge in [0.1, 0.15) is 128 Å². The van der Waals surface area contributed by atoms with Gasteiger partial charge < -0.3 is 138 Å². The van der Waals surface area contributed by atoms with Gasteiger partial charge in [0.05, 0.1) is 50.3 Å². The van der Waals surface area contributed by atoms with Crippen LogP contribution in [0.3, 0.4) is 0 Å². The second-order valence-corrected chi connectivity index (χ2v) is 27.4. The van der Waals surface area contributed by atoms with E-state index in [0.717, 1.165) is 12.0 Å². The number of allylic oxidation sites excluding steroid dienone is 2. The Balaban J connectivity index is 0.00000960. The van der Waals surface area contributed by atoms with E-state index in [9.17, 15) is 94.4 Å². The minimum atomic E-state index is -5.13. The molecule has 512 valence electrons. The van der Waals surface area contributed by atoms with E-state index in [2.05, 4.69) is 19.9 Å². The third-order valence-corrected chi connectivity index (χ3v) is 21.5. The fourth-order valence-electron chi connectivity index (χ4n) is 15.9. The summed E-state index contributed by atoms with van der Waals surface area (Å²) in [5.41, 5.74) is 0.125. The first kappa shape index (κ1) is 73.4. The molecule has 32 nitrogen and oxygen atoms in total. The molecule has 0 aromatic carbocycles. The summed E-state index contributed by atoms with van der Waals surface area (Å²) < 4.78 is 113. The molecule has 0 unspecified atom stereocenters. The normalized spacial score (nSPS) is 53.3. The van der Waals surface area contributed by atoms with Crippen molar-refractivity contribution in [3.8, 4) is 0 Å². The summed E-state index contributed by atoms with van der Waals surface area (Å²) in [6.45, 7) is 7.45. The molecule has 0 spiro atoms. The third-order valence-electron chi connectivity index (χ3n) is 20.9. The molecule has 0 aromatic heterocycles. The molecule has 3 saturated carbocycles. The molecule has 6 heterocycles. The average Bonchev–Trinajstić information content (AvgIpc) is 1.30. The van der Waals surface area contributed by atoms with E-state index >= 15 is 0 Å². The van der Waals surface area contributed by atoms with Crippen molar-refractivity contribution in [2.75, 3.05) is 19.8 Å². The van der Waals surface area contributed by atoms with E-state index in [1.807, 2.05) is 0 Å². The van der Waals surface area contributed by atoms with Crippen molar-refractivity contribution in [3.63, 3.8) is 0 Å². The average molecular weight is 1330 g/mol. The molecule has 15 N–H and O–H groups in total. The Labute approximate surface area is 541 Å². The third kappa shape index (κ3) is 14.1. The van der Waals surface area contributed by atoms with Crippen molar-refractivity contribution in [1.82, 2.24) is 0 Å². The summed E-state index contributed by atoms with van der Waals surface area (Å²) >= 11 is 0. The molecular weight excluding hydrogens is 1240 g/mol. The molecule has 10 aliphatic rings. The molecule has 34 heteroatoms. The van der Waals surface area contributed by atoms with Gasteiger partial charge in [0, 0.05) is 5.92 Å². The summed E-state index contributed by atoms with van der Waals surface area (Å²) in [4.78, 5) is 13.1. The number of hydrogen-bond donors (Lipinski definition) is 15. The predicted octanol–water partition coefficient (Wildman–Crippen LogP) is -9.36. The van der Waals surface area contributed by atoms with Gasteiger partial charge in [-0.05, 0) is 101 Å². The number of Topliss-reactive ketones (excluding diaryl/α,β-unsaturated/α-hetero) is 1. The number of ketones is 1. The molecule has 90 heavy (non-hydrogen) atoms. The zero-order valence-electron chi connectivity index (χ0n) is 50.9. The molecule has 0 amide bonds. The molecule has 6 saturated heterocycles. The number of hydrogen-bond acceptors (Lipinski definition) is 32. The minimum absolute atomic E-state index is 0. The van der Waals surface area contributed by atoms with Crippen molar-refractivity contribution in [1.29, 1.82) is 0 Å². The second kappa shape index (κ2) is 29.0. The molecule has 0 radical (unpaired) electrons. The summed E-state index contributed by atoms with van der Waals surface area (Å²) in [6.07, 6.45) is -47.9. The van der Waals surface area contributed by atoms with Crippen LogP contribution in [0.15, 0.2) is 11.6 Å². The Hall–Kier alpha value is -0.800. The molecule has 0 bridgehead atoms. The first-order valence-electron chi connectivity index (χ1n) is 30.6. The number of rotatable bonds is 17. The van der Waals surface area contributed by atoms with Gasteiger partial charge in [-0.1, -0.05) is 25.5 Å². The number of carbonyl (C=O) groups excluding carboxylic acids is 1. The number of fused-ring (bicyclic) bond motifs is 5. The van der Waals surface area contributed by atoms with Crippen LogP contribution in [0.4, 0.5) is 0 Å². The molecule has 9 fully saturated rings. The van der Waals surface area contributed by atoms with E-state index in [1.165, 1.54) is 20.8 Å². The van der Waals surface area contributed by atoms with Gasteiger partial charge in [-0.3, -0.25) is 8.98 Å². The van der Waals surface area contributed by atoms with Gasteiger partial charge in [-0.25, -0.2) is 8.42 Å². The molecular formula is C56H89NaO32S. The fourth-order valence-corrected chi connectivity index (χ4v) is 16.4. The van der Waals surface area contributed by atoms with Gasteiger partial charge in [0.2, 0.25) is 10.4 Å². The van der Waals surface area contributed by atoms with Crippen LogP contribution in [-0.2, 0) is 76.2 Å². The Bertz CT molecular complexity index is 2560. The number of aliphatic hydroxyl groups excluding tert-OH is 15. The fraction of sp³-hybridized carbons (Fsp3) is 0.946. The molecule has 6 aliphatic heterocycles. The SMILES string of the molecule is CC(=O)[C@H]1CC[C@H]2[C@@H]3C[C@H](O[C@@H]4O[C@H](C)[C@@H](O)[C@H](O[C@@H]5OC[C@@H](O[C@@H]6O[C@H](CO)[C@H](O)[C@H](O)[C@H]6O[C@@H]6O[C@H](C)[C@H](O[C@@H]7O[C@H](CO)[C@H](O)[C@H](O)[C@H]7O)[C@H](O)[C@H]6O)[C@H](O)[C@H]5O[C@@H]5O[C@H](C)[C@@H](O)[C@H](O)[C@H]5O)[C@H]4O)[C@H]4C[C@@H](OS(=O)(=O)[O-])CC[C@]4(C)C3=CC[C@]12C.[Na+]. The molecule has 10 rings (SSSR count). The Morgan fingerprint density at radius 3 is 1.66 bits per heavy atom. The standard InChI is InChI=1S/C56H90O32S.Na/c1-18(59)24-7-8-25-23-14-28(27-13-22(88-89(73,74)75)9-11-56(27,6)26(23)10-12-55(24,25)5)80-52-44(72)46(33(61)20(3)78-52)85-53-47(86-49-41(69)37(65)32(60)19(2)77-49)36(64)31(17-76-53)83-54-48(39(67)35(63)30(16-58)82-54)87-50-43(71)40(68)45(21(4)79-50)84-51-42(70)38(66)34(62)29(15-57)81-51;/h10,19-25,27-54,57-58,60-72H,7-9,11-17H2,1-6H3,(H,73,74,75);/q;+1/p-1/t19-,20-,21-,22+,23+,24-,25+,27-,28+,29-,30-,31-,32-,33-,34+,35+,36+,37+,38+,39+,40-,41-,42-,43-,44-,45+,46+,47-,48-,49+,50+,51+,52+,53+,54+,55-,56-;/m1./s1. The van der Waals surface area contributed by atoms with Crippen LogP contribution in [-0.4, -0.2) is 306 Å². The predicted molar refractivity (Wildman–Crippen MR) is 287 cm³/mol. The van der Waals surface area contributed by atoms with E-state index in [4.69, 9.17) is 61.0 Å². The Morgan fingerprint density at radius 2 is 1.04 bits per heavy atom. The van der Waals surface area contributed by atoms with Crippen molar-refractivity contribution in [2.45, 2.75) is 277 Å². The summed E-state index contributed by atoms with van der Waals surface area (Å²) in [6, 6.07) is 0. The van der Waals surface area contributed by atoms with Crippen molar-refractivity contribution >= 4 is 16.2 Å². The topological polar surface area (TPSA) is 498 Å². The molecule has 0 aromatic rings. The number of carbonyl (C=O) groups is 1.